The van der Waals surface area contributed by atoms with Crippen molar-refractivity contribution in [1.82, 2.24) is 14.7 Å². The number of hydrogen-bond acceptors (Lipinski definition) is 4. The van der Waals surface area contributed by atoms with Gasteiger partial charge in [0.15, 0.2) is 0 Å². The van der Waals surface area contributed by atoms with E-state index in [0.717, 1.165) is 16.9 Å². The van der Waals surface area contributed by atoms with Crippen LogP contribution < -0.4 is 10.1 Å². The second kappa shape index (κ2) is 10.1. The molecule has 1 unspecified atom stereocenters. The van der Waals surface area contributed by atoms with Gasteiger partial charge in [0.25, 0.3) is 0 Å². The number of anilines is 1. The largest absolute Gasteiger partial charge is 0.457 e. The molecule has 33 heavy (non-hydrogen) atoms. The van der Waals surface area contributed by atoms with E-state index in [1.54, 1.807) is 41.2 Å². The van der Waals surface area contributed by atoms with Crippen LogP contribution in [0.3, 0.4) is 0 Å². The molecule has 1 heterocycles. The molecule has 4 rings (SSSR count). The molecule has 0 bridgehead atoms. The zero-order valence-corrected chi connectivity index (χ0v) is 18.5. The lowest BCUT2D eigenvalue weighted by atomic mass is 10.00. The van der Waals surface area contributed by atoms with E-state index in [4.69, 9.17) is 4.74 Å². The molecule has 168 valence electrons. The summed E-state index contributed by atoms with van der Waals surface area (Å²) in [6.07, 6.45) is 3.60. The Bertz CT molecular complexity index is 1210. The van der Waals surface area contributed by atoms with Gasteiger partial charge in [-0.05, 0) is 61.1 Å². The van der Waals surface area contributed by atoms with Crippen LogP contribution in [-0.4, -0.2) is 34.2 Å². The number of nitrogens with zero attached hydrogens (tertiary/aromatic N) is 3. The van der Waals surface area contributed by atoms with Crippen LogP contribution >= 0.6 is 0 Å². The molecule has 0 aliphatic carbocycles. The van der Waals surface area contributed by atoms with Crippen molar-refractivity contribution in [3.8, 4) is 11.5 Å². The monoisotopic (exact) mass is 444 g/mol. The summed E-state index contributed by atoms with van der Waals surface area (Å²) in [5, 5.41) is 7.14. The van der Waals surface area contributed by atoms with E-state index in [1.807, 2.05) is 61.6 Å². The van der Waals surface area contributed by atoms with Crippen LogP contribution in [0.1, 0.15) is 17.2 Å². The molecule has 1 N–H and O–H groups in total. The van der Waals surface area contributed by atoms with Crippen molar-refractivity contribution in [2.75, 3.05) is 18.9 Å². The number of aromatic nitrogens is 2. The topological polar surface area (TPSA) is 59.4 Å². The highest BCUT2D eigenvalue weighted by Crippen LogP contribution is 2.28. The maximum absolute atomic E-state index is 13.9. The van der Waals surface area contributed by atoms with Crippen LogP contribution in [0.25, 0.3) is 0 Å². The Morgan fingerprint density at radius 3 is 2.42 bits per heavy atom. The van der Waals surface area contributed by atoms with E-state index < -0.39 is 0 Å². The molecule has 0 radical (unpaired) electrons. The summed E-state index contributed by atoms with van der Waals surface area (Å²) in [5.41, 5.74) is 2.29. The molecule has 0 fully saturated rings. The Labute approximate surface area is 192 Å². The van der Waals surface area contributed by atoms with Crippen molar-refractivity contribution in [2.24, 2.45) is 7.05 Å². The number of hydrogen-bond donors (Lipinski definition) is 1. The molecule has 3 aromatic carbocycles. The highest BCUT2D eigenvalue weighted by atomic mass is 19.1. The number of rotatable bonds is 8. The number of carbonyl (C=O) groups excluding carboxylic acids is 1. The number of ether oxygens (including phenoxy) is 1. The predicted molar refractivity (Wildman–Crippen MR) is 126 cm³/mol. The summed E-state index contributed by atoms with van der Waals surface area (Å²) in [5.74, 6) is 0.922. The molecule has 1 aromatic heterocycles. The first-order valence-electron chi connectivity index (χ1n) is 10.5. The van der Waals surface area contributed by atoms with Gasteiger partial charge >= 0.3 is 0 Å². The number of nitrogens with one attached hydrogen (secondary N) is 1. The van der Waals surface area contributed by atoms with Crippen LogP contribution in [-0.2, 0) is 11.8 Å². The maximum Gasteiger partial charge on any atom is 0.238 e. The Kier molecular flexibility index (Phi) is 6.80. The van der Waals surface area contributed by atoms with Gasteiger partial charge in [-0.2, -0.15) is 5.10 Å². The summed E-state index contributed by atoms with van der Waals surface area (Å²) in [6.45, 7) is 0.109. The minimum atomic E-state index is -0.322. The summed E-state index contributed by atoms with van der Waals surface area (Å²) >= 11 is 0. The summed E-state index contributed by atoms with van der Waals surface area (Å²) in [6, 6.07) is 22.8. The third kappa shape index (κ3) is 5.84. The first-order chi connectivity index (χ1) is 16.0. The van der Waals surface area contributed by atoms with Gasteiger partial charge in [0, 0.05) is 24.5 Å². The molecule has 1 atom stereocenters. The van der Waals surface area contributed by atoms with Crippen molar-refractivity contribution in [2.45, 2.75) is 6.04 Å². The lowest BCUT2D eigenvalue weighted by molar-refractivity contribution is -0.117. The van der Waals surface area contributed by atoms with E-state index >= 15 is 0 Å². The van der Waals surface area contributed by atoms with Crippen molar-refractivity contribution >= 4 is 11.6 Å². The van der Waals surface area contributed by atoms with Crippen LogP contribution in [0, 0.1) is 5.82 Å². The fourth-order valence-corrected chi connectivity index (χ4v) is 3.71. The van der Waals surface area contributed by atoms with Crippen LogP contribution in [0.2, 0.25) is 0 Å². The standard InChI is InChI=1S/C26H25FN4O2/c1-30(26(20-16-28-31(2)17-20)19-7-6-8-21(27)15-19)18-25(32)29-22-11-13-24(14-12-22)33-23-9-4-3-5-10-23/h3-17,26H,18H2,1-2H3,(H,29,32). The molecule has 7 heteroatoms. The second-order valence-electron chi connectivity index (χ2n) is 7.81. The van der Waals surface area contributed by atoms with E-state index in [0.29, 0.717) is 11.4 Å². The van der Waals surface area contributed by atoms with Gasteiger partial charge in [-0.15, -0.1) is 0 Å². The average Bonchev–Trinajstić information content (AvgIpc) is 3.21. The van der Waals surface area contributed by atoms with E-state index in [-0.39, 0.29) is 24.3 Å². The second-order valence-corrected chi connectivity index (χ2v) is 7.81. The average molecular weight is 445 g/mol. The van der Waals surface area contributed by atoms with Crippen LogP contribution in [0.15, 0.2) is 91.3 Å². The summed E-state index contributed by atoms with van der Waals surface area (Å²) < 4.78 is 21.4. The smallest absolute Gasteiger partial charge is 0.238 e. The molecule has 0 saturated heterocycles. The predicted octanol–water partition coefficient (Wildman–Crippen LogP) is 5.01. The van der Waals surface area contributed by atoms with Gasteiger partial charge < -0.3 is 10.1 Å². The Hall–Kier alpha value is -3.97. The third-order valence-electron chi connectivity index (χ3n) is 5.16. The van der Waals surface area contributed by atoms with Gasteiger partial charge in [-0.3, -0.25) is 14.4 Å². The zero-order valence-electron chi connectivity index (χ0n) is 18.5. The Morgan fingerprint density at radius 1 is 1.03 bits per heavy atom. The SMILES string of the molecule is CN(CC(=O)Nc1ccc(Oc2ccccc2)cc1)C(c1cccc(F)c1)c1cnn(C)c1. The molecule has 0 spiro atoms. The lowest BCUT2D eigenvalue weighted by Gasteiger charge is -2.27. The number of halogens is 1. The summed E-state index contributed by atoms with van der Waals surface area (Å²) in [4.78, 5) is 14.6. The van der Waals surface area contributed by atoms with Crippen molar-refractivity contribution in [3.63, 3.8) is 0 Å². The molecule has 0 saturated carbocycles. The van der Waals surface area contributed by atoms with Crippen LogP contribution in [0.4, 0.5) is 10.1 Å². The lowest BCUT2D eigenvalue weighted by Crippen LogP contribution is -2.33. The van der Waals surface area contributed by atoms with E-state index in [1.165, 1.54) is 12.1 Å². The minimum Gasteiger partial charge on any atom is -0.457 e. The number of carbonyl (C=O) groups is 1. The molecule has 4 aromatic rings. The molecular formula is C26H25FN4O2. The number of amides is 1. The number of para-hydroxylation sites is 1. The molecule has 1 amide bonds. The number of aryl methyl sites for hydroxylation is 1. The maximum atomic E-state index is 13.9. The summed E-state index contributed by atoms with van der Waals surface area (Å²) in [7, 11) is 3.66. The fourth-order valence-electron chi connectivity index (χ4n) is 3.71. The number of likely N-dealkylation sites (N-methyl/N-ethyl adjacent to an activating group) is 1. The normalized spacial score (nSPS) is 11.9. The molecule has 0 aliphatic rings. The number of benzene rings is 3. The quantitative estimate of drug-likeness (QED) is 0.415. The third-order valence-corrected chi connectivity index (χ3v) is 5.16. The van der Waals surface area contributed by atoms with Crippen LogP contribution in [0.5, 0.6) is 11.5 Å². The van der Waals surface area contributed by atoms with E-state index in [2.05, 4.69) is 10.4 Å². The highest BCUT2D eigenvalue weighted by molar-refractivity contribution is 5.92. The Balaban J connectivity index is 1.43. The van der Waals surface area contributed by atoms with Gasteiger partial charge in [-0.1, -0.05) is 30.3 Å². The van der Waals surface area contributed by atoms with E-state index in [9.17, 15) is 9.18 Å². The molecule has 0 aliphatic heterocycles. The van der Waals surface area contributed by atoms with Gasteiger partial charge in [0.2, 0.25) is 5.91 Å². The van der Waals surface area contributed by atoms with Crippen molar-refractivity contribution < 1.29 is 13.9 Å². The first kappa shape index (κ1) is 22.2. The van der Waals surface area contributed by atoms with Gasteiger partial charge in [0.05, 0.1) is 18.8 Å². The Morgan fingerprint density at radius 2 is 1.76 bits per heavy atom. The molecule has 6 nitrogen and oxygen atoms in total. The van der Waals surface area contributed by atoms with Crippen molar-refractivity contribution in [1.29, 1.82) is 0 Å². The highest BCUT2D eigenvalue weighted by Gasteiger charge is 2.23. The zero-order chi connectivity index (χ0) is 23.2. The fraction of sp³-hybridized carbons (Fsp3) is 0.154. The molecular weight excluding hydrogens is 419 g/mol. The van der Waals surface area contributed by atoms with Gasteiger partial charge in [-0.25, -0.2) is 4.39 Å². The minimum absolute atomic E-state index is 0.109. The first-order valence-corrected chi connectivity index (χ1v) is 10.5. The van der Waals surface area contributed by atoms with Crippen molar-refractivity contribution in [3.05, 3.63) is 108 Å². The van der Waals surface area contributed by atoms with Gasteiger partial charge in [0.1, 0.15) is 17.3 Å².